The maximum Gasteiger partial charge on any atom is 0.337 e. The van der Waals surface area contributed by atoms with Gasteiger partial charge in [0.1, 0.15) is 0 Å². The SMILES string of the molecule is CN1CCC(C)(CNc2ccc(C(=O)O)c(Cl)c2)CC1. The van der Waals surface area contributed by atoms with Crippen LogP contribution in [0.25, 0.3) is 0 Å². The van der Waals surface area contributed by atoms with E-state index in [0.717, 1.165) is 38.2 Å². The topological polar surface area (TPSA) is 52.6 Å². The number of aromatic carboxylic acids is 1. The van der Waals surface area contributed by atoms with Crippen LogP contribution in [0.2, 0.25) is 5.02 Å². The minimum atomic E-state index is -0.996. The van der Waals surface area contributed by atoms with Crippen LogP contribution in [0.1, 0.15) is 30.1 Å². The van der Waals surface area contributed by atoms with Gasteiger partial charge in [-0.05, 0) is 56.6 Å². The number of carbonyl (C=O) groups is 1. The van der Waals surface area contributed by atoms with Crippen LogP contribution in [-0.2, 0) is 0 Å². The number of halogens is 1. The number of piperidine rings is 1. The molecule has 2 rings (SSSR count). The minimum Gasteiger partial charge on any atom is -0.478 e. The summed E-state index contributed by atoms with van der Waals surface area (Å²) in [6, 6.07) is 5.00. The van der Waals surface area contributed by atoms with Crippen LogP contribution in [0.3, 0.4) is 0 Å². The van der Waals surface area contributed by atoms with Gasteiger partial charge in [0, 0.05) is 12.2 Å². The van der Waals surface area contributed by atoms with Crippen molar-refractivity contribution in [1.82, 2.24) is 4.90 Å². The van der Waals surface area contributed by atoms with Crippen LogP contribution in [0, 0.1) is 5.41 Å². The lowest BCUT2D eigenvalue weighted by molar-refractivity contribution is 0.0697. The van der Waals surface area contributed by atoms with Crippen LogP contribution in [0.5, 0.6) is 0 Å². The van der Waals surface area contributed by atoms with E-state index in [1.165, 1.54) is 0 Å². The van der Waals surface area contributed by atoms with E-state index in [4.69, 9.17) is 16.7 Å². The van der Waals surface area contributed by atoms with E-state index in [0.29, 0.717) is 0 Å². The van der Waals surface area contributed by atoms with E-state index < -0.39 is 5.97 Å². The third-order valence-corrected chi connectivity index (χ3v) is 4.43. The van der Waals surface area contributed by atoms with Crippen LogP contribution >= 0.6 is 11.6 Å². The molecule has 4 nitrogen and oxygen atoms in total. The Labute approximate surface area is 124 Å². The number of likely N-dealkylation sites (tertiary alicyclic amines) is 1. The van der Waals surface area contributed by atoms with Gasteiger partial charge in [-0.3, -0.25) is 0 Å². The summed E-state index contributed by atoms with van der Waals surface area (Å²) in [6.45, 7) is 5.41. The van der Waals surface area contributed by atoms with E-state index in [1.807, 2.05) is 0 Å². The Morgan fingerprint density at radius 2 is 2.10 bits per heavy atom. The van der Waals surface area contributed by atoms with E-state index in [2.05, 4.69) is 24.2 Å². The molecular weight excluding hydrogens is 276 g/mol. The molecule has 1 aromatic carbocycles. The quantitative estimate of drug-likeness (QED) is 0.896. The molecule has 0 amide bonds. The Kier molecular flexibility index (Phi) is 4.55. The molecule has 0 aromatic heterocycles. The summed E-state index contributed by atoms with van der Waals surface area (Å²) in [7, 11) is 2.15. The molecule has 1 heterocycles. The fourth-order valence-corrected chi connectivity index (χ4v) is 2.71. The van der Waals surface area contributed by atoms with E-state index in [1.54, 1.807) is 18.2 Å². The van der Waals surface area contributed by atoms with Crippen molar-refractivity contribution in [2.75, 3.05) is 32.0 Å². The molecule has 2 N–H and O–H groups in total. The van der Waals surface area contributed by atoms with Crippen molar-refractivity contribution in [3.05, 3.63) is 28.8 Å². The average Bonchev–Trinajstić information content (AvgIpc) is 2.40. The average molecular weight is 297 g/mol. The Bertz CT molecular complexity index is 497. The standard InChI is InChI=1S/C15H21ClN2O2/c1-15(5-7-18(2)8-6-15)10-17-11-3-4-12(14(19)20)13(16)9-11/h3-4,9,17H,5-8,10H2,1-2H3,(H,19,20). The van der Waals surface area contributed by atoms with Crippen LogP contribution in [0.4, 0.5) is 5.69 Å². The molecule has 0 spiro atoms. The van der Waals surface area contributed by atoms with Gasteiger partial charge in [0.25, 0.3) is 0 Å². The largest absolute Gasteiger partial charge is 0.478 e. The molecule has 0 bridgehead atoms. The molecule has 0 aliphatic carbocycles. The molecule has 0 saturated carbocycles. The second kappa shape index (κ2) is 6.02. The summed E-state index contributed by atoms with van der Waals surface area (Å²) in [5.74, 6) is -0.996. The Hall–Kier alpha value is -1.26. The predicted molar refractivity (Wildman–Crippen MR) is 81.7 cm³/mol. The molecular formula is C15H21ClN2O2. The highest BCUT2D eigenvalue weighted by Crippen LogP contribution is 2.31. The maximum atomic E-state index is 10.9. The Balaban J connectivity index is 1.97. The van der Waals surface area contributed by atoms with Gasteiger partial charge in [0.05, 0.1) is 10.6 Å². The van der Waals surface area contributed by atoms with E-state index >= 15 is 0 Å². The number of benzene rings is 1. The molecule has 1 saturated heterocycles. The van der Waals surface area contributed by atoms with Crippen molar-refractivity contribution >= 4 is 23.3 Å². The maximum absolute atomic E-state index is 10.9. The molecule has 1 fully saturated rings. The van der Waals surface area contributed by atoms with E-state index in [-0.39, 0.29) is 16.0 Å². The molecule has 5 heteroatoms. The Morgan fingerprint density at radius 1 is 1.45 bits per heavy atom. The zero-order chi connectivity index (χ0) is 14.8. The molecule has 1 aliphatic rings. The highest BCUT2D eigenvalue weighted by Gasteiger charge is 2.28. The first-order chi connectivity index (χ1) is 9.39. The summed E-state index contributed by atoms with van der Waals surface area (Å²) in [5, 5.41) is 12.6. The van der Waals surface area contributed by atoms with Gasteiger partial charge in [0.15, 0.2) is 0 Å². The van der Waals surface area contributed by atoms with Gasteiger partial charge in [-0.15, -0.1) is 0 Å². The number of carboxylic acid groups (broad SMARTS) is 1. The second-order valence-electron chi connectivity index (χ2n) is 5.97. The third kappa shape index (κ3) is 3.64. The summed E-state index contributed by atoms with van der Waals surface area (Å²) in [5.41, 5.74) is 1.30. The number of nitrogens with one attached hydrogen (secondary N) is 1. The predicted octanol–water partition coefficient (Wildman–Crippen LogP) is 3.18. The number of nitrogens with zero attached hydrogens (tertiary/aromatic N) is 1. The number of rotatable bonds is 4. The molecule has 0 radical (unpaired) electrons. The molecule has 1 aliphatic heterocycles. The molecule has 1 aromatic rings. The first kappa shape index (κ1) is 15.1. The summed E-state index contributed by atoms with van der Waals surface area (Å²) in [4.78, 5) is 13.3. The lowest BCUT2D eigenvalue weighted by Crippen LogP contribution is -2.40. The van der Waals surface area contributed by atoms with Crippen LogP contribution in [-0.4, -0.2) is 42.7 Å². The van der Waals surface area contributed by atoms with Crippen molar-refractivity contribution < 1.29 is 9.90 Å². The van der Waals surface area contributed by atoms with Crippen molar-refractivity contribution in [3.8, 4) is 0 Å². The van der Waals surface area contributed by atoms with Crippen molar-refractivity contribution in [3.63, 3.8) is 0 Å². The summed E-state index contributed by atoms with van der Waals surface area (Å²) >= 11 is 5.97. The van der Waals surface area contributed by atoms with Gasteiger partial charge in [0.2, 0.25) is 0 Å². The van der Waals surface area contributed by atoms with Gasteiger partial charge in [-0.1, -0.05) is 18.5 Å². The van der Waals surface area contributed by atoms with Crippen molar-refractivity contribution in [2.24, 2.45) is 5.41 Å². The van der Waals surface area contributed by atoms with Crippen molar-refractivity contribution in [1.29, 1.82) is 0 Å². The lowest BCUT2D eigenvalue weighted by Gasteiger charge is -2.38. The fourth-order valence-electron chi connectivity index (χ4n) is 2.45. The number of hydrogen-bond donors (Lipinski definition) is 2. The third-order valence-electron chi connectivity index (χ3n) is 4.11. The lowest BCUT2D eigenvalue weighted by atomic mass is 9.80. The number of hydrogen-bond acceptors (Lipinski definition) is 3. The highest BCUT2D eigenvalue weighted by molar-refractivity contribution is 6.33. The van der Waals surface area contributed by atoms with Crippen molar-refractivity contribution in [2.45, 2.75) is 19.8 Å². The minimum absolute atomic E-state index is 0.141. The Morgan fingerprint density at radius 3 is 2.65 bits per heavy atom. The molecule has 0 unspecified atom stereocenters. The van der Waals surface area contributed by atoms with Crippen LogP contribution < -0.4 is 5.32 Å². The highest BCUT2D eigenvalue weighted by atomic mass is 35.5. The first-order valence-corrected chi connectivity index (χ1v) is 7.23. The fraction of sp³-hybridized carbons (Fsp3) is 0.533. The number of anilines is 1. The van der Waals surface area contributed by atoms with Gasteiger partial charge < -0.3 is 15.3 Å². The summed E-state index contributed by atoms with van der Waals surface area (Å²) in [6.07, 6.45) is 2.33. The van der Waals surface area contributed by atoms with Gasteiger partial charge in [-0.2, -0.15) is 0 Å². The number of carboxylic acids is 1. The first-order valence-electron chi connectivity index (χ1n) is 6.85. The smallest absolute Gasteiger partial charge is 0.337 e. The zero-order valence-corrected chi connectivity index (χ0v) is 12.7. The van der Waals surface area contributed by atoms with E-state index in [9.17, 15) is 4.79 Å². The molecule has 20 heavy (non-hydrogen) atoms. The van der Waals surface area contributed by atoms with Crippen LogP contribution in [0.15, 0.2) is 18.2 Å². The summed E-state index contributed by atoms with van der Waals surface area (Å²) < 4.78 is 0. The molecule has 110 valence electrons. The molecule has 0 atom stereocenters. The second-order valence-corrected chi connectivity index (χ2v) is 6.37. The van der Waals surface area contributed by atoms with Gasteiger partial charge in [-0.25, -0.2) is 4.79 Å². The monoisotopic (exact) mass is 296 g/mol. The zero-order valence-electron chi connectivity index (χ0n) is 11.9. The van der Waals surface area contributed by atoms with Gasteiger partial charge >= 0.3 is 5.97 Å². The normalized spacial score (nSPS) is 18.8.